The summed E-state index contributed by atoms with van der Waals surface area (Å²) in [5.74, 6) is 0.997. The van der Waals surface area contributed by atoms with Gasteiger partial charge in [0.05, 0.1) is 0 Å². The molecule has 1 aromatic heterocycles. The summed E-state index contributed by atoms with van der Waals surface area (Å²) in [5, 5.41) is 6.53. The molecule has 1 fully saturated rings. The summed E-state index contributed by atoms with van der Waals surface area (Å²) in [6, 6.07) is 14.7. The van der Waals surface area contributed by atoms with Crippen molar-refractivity contribution in [2.45, 2.75) is 32.4 Å². The monoisotopic (exact) mass is 324 g/mol. The van der Waals surface area contributed by atoms with Crippen molar-refractivity contribution in [3.05, 3.63) is 54.2 Å². The number of aromatic nitrogens is 1. The molecule has 5 nitrogen and oxygen atoms in total. The number of rotatable bonds is 5. The highest BCUT2D eigenvalue weighted by molar-refractivity contribution is 5.88. The highest BCUT2D eigenvalue weighted by Gasteiger charge is 2.24. The number of benzene rings is 1. The van der Waals surface area contributed by atoms with Gasteiger partial charge in [-0.05, 0) is 43.2 Å². The van der Waals surface area contributed by atoms with E-state index < -0.39 is 0 Å². The molecular weight excluding hydrogens is 300 g/mol. The first-order valence-corrected chi connectivity index (χ1v) is 8.41. The van der Waals surface area contributed by atoms with Gasteiger partial charge in [0.2, 0.25) is 5.91 Å². The average molecular weight is 324 g/mol. The minimum atomic E-state index is -0.0467. The zero-order chi connectivity index (χ0) is 16.9. The number of hydrogen-bond donors (Lipinski definition) is 2. The maximum absolute atomic E-state index is 11.2. The number of amides is 1. The van der Waals surface area contributed by atoms with E-state index >= 15 is 0 Å². The molecule has 5 heteroatoms. The van der Waals surface area contributed by atoms with Gasteiger partial charge in [-0.3, -0.25) is 4.79 Å². The van der Waals surface area contributed by atoms with Crippen LogP contribution in [0.1, 0.15) is 31.9 Å². The second-order valence-electron chi connectivity index (χ2n) is 6.31. The predicted octanol–water partition coefficient (Wildman–Crippen LogP) is 2.97. The number of carbonyl (C=O) groups is 1. The maximum atomic E-state index is 11.2. The molecule has 2 heterocycles. The second-order valence-corrected chi connectivity index (χ2v) is 6.31. The van der Waals surface area contributed by atoms with Crippen LogP contribution in [0.4, 0.5) is 11.5 Å². The zero-order valence-corrected chi connectivity index (χ0v) is 14.2. The molecule has 2 N–H and O–H groups in total. The van der Waals surface area contributed by atoms with Crippen molar-refractivity contribution in [2.24, 2.45) is 0 Å². The van der Waals surface area contributed by atoms with Crippen LogP contribution in [0.25, 0.3) is 0 Å². The molecule has 0 aliphatic carbocycles. The van der Waals surface area contributed by atoms with E-state index in [2.05, 4.69) is 39.6 Å². The fourth-order valence-electron chi connectivity index (χ4n) is 3.18. The van der Waals surface area contributed by atoms with Gasteiger partial charge >= 0.3 is 0 Å². The Morgan fingerprint density at radius 3 is 2.92 bits per heavy atom. The molecule has 0 radical (unpaired) electrons. The Kier molecular flexibility index (Phi) is 5.11. The molecule has 2 atom stereocenters. The SMILES string of the molecule is CC(=O)Nc1cccc([C@@H](C)N[C@@H]2CCN(c3ccccn3)C2)c1. The lowest BCUT2D eigenvalue weighted by Gasteiger charge is -2.21. The van der Waals surface area contributed by atoms with Crippen molar-refractivity contribution in [1.29, 1.82) is 0 Å². The van der Waals surface area contributed by atoms with E-state index in [1.54, 1.807) is 0 Å². The molecule has 0 spiro atoms. The van der Waals surface area contributed by atoms with Gasteiger partial charge in [-0.2, -0.15) is 0 Å². The summed E-state index contributed by atoms with van der Waals surface area (Å²) in [4.78, 5) is 18.0. The Morgan fingerprint density at radius 1 is 1.29 bits per heavy atom. The van der Waals surface area contributed by atoms with Crippen LogP contribution in [-0.4, -0.2) is 30.0 Å². The highest BCUT2D eigenvalue weighted by Crippen LogP contribution is 2.22. The molecule has 1 aliphatic rings. The van der Waals surface area contributed by atoms with Crippen molar-refractivity contribution >= 4 is 17.4 Å². The van der Waals surface area contributed by atoms with Gasteiger partial charge in [0.25, 0.3) is 0 Å². The number of carbonyl (C=O) groups excluding carboxylic acids is 1. The minimum absolute atomic E-state index is 0.0467. The molecule has 1 aromatic carbocycles. The van der Waals surface area contributed by atoms with Gasteiger partial charge in [0, 0.05) is 44.0 Å². The predicted molar refractivity (Wildman–Crippen MR) is 97.2 cm³/mol. The summed E-state index contributed by atoms with van der Waals surface area (Å²) < 4.78 is 0. The quantitative estimate of drug-likeness (QED) is 0.888. The third kappa shape index (κ3) is 4.11. The van der Waals surface area contributed by atoms with Crippen LogP contribution in [0.15, 0.2) is 48.7 Å². The average Bonchev–Trinajstić information content (AvgIpc) is 3.04. The molecule has 1 saturated heterocycles. The third-order valence-electron chi connectivity index (χ3n) is 4.35. The normalized spacial score (nSPS) is 18.4. The highest BCUT2D eigenvalue weighted by atomic mass is 16.1. The lowest BCUT2D eigenvalue weighted by molar-refractivity contribution is -0.114. The van der Waals surface area contributed by atoms with Gasteiger partial charge in [0.1, 0.15) is 5.82 Å². The van der Waals surface area contributed by atoms with Crippen LogP contribution < -0.4 is 15.5 Å². The van der Waals surface area contributed by atoms with Gasteiger partial charge < -0.3 is 15.5 Å². The minimum Gasteiger partial charge on any atom is -0.355 e. The van der Waals surface area contributed by atoms with Crippen LogP contribution in [-0.2, 0) is 4.79 Å². The molecule has 2 aromatic rings. The molecule has 0 unspecified atom stereocenters. The van der Waals surface area contributed by atoms with E-state index in [1.807, 2.05) is 36.5 Å². The fraction of sp³-hybridized carbons (Fsp3) is 0.368. The molecule has 0 bridgehead atoms. The summed E-state index contributed by atoms with van der Waals surface area (Å²) in [6.07, 6.45) is 2.94. The molecule has 0 saturated carbocycles. The van der Waals surface area contributed by atoms with E-state index in [0.717, 1.165) is 31.0 Å². The van der Waals surface area contributed by atoms with Gasteiger partial charge in [-0.1, -0.05) is 18.2 Å². The molecular formula is C19H24N4O. The fourth-order valence-corrected chi connectivity index (χ4v) is 3.18. The number of nitrogens with zero attached hydrogens (tertiary/aromatic N) is 2. The van der Waals surface area contributed by atoms with Crippen molar-refractivity contribution in [3.63, 3.8) is 0 Å². The number of hydrogen-bond acceptors (Lipinski definition) is 4. The first-order chi connectivity index (χ1) is 11.6. The van der Waals surface area contributed by atoms with E-state index in [-0.39, 0.29) is 11.9 Å². The van der Waals surface area contributed by atoms with Crippen LogP contribution in [0.5, 0.6) is 0 Å². The number of pyridine rings is 1. The summed E-state index contributed by atoms with van der Waals surface area (Å²) in [6.45, 7) is 5.68. The van der Waals surface area contributed by atoms with Crippen molar-refractivity contribution in [2.75, 3.05) is 23.3 Å². The Hall–Kier alpha value is -2.40. The zero-order valence-electron chi connectivity index (χ0n) is 14.2. The Balaban J connectivity index is 1.59. The van der Waals surface area contributed by atoms with Gasteiger partial charge in [-0.25, -0.2) is 4.98 Å². The smallest absolute Gasteiger partial charge is 0.221 e. The Labute approximate surface area is 143 Å². The third-order valence-corrected chi connectivity index (χ3v) is 4.35. The second kappa shape index (κ2) is 7.45. The molecule has 1 aliphatic heterocycles. The Bertz CT molecular complexity index is 689. The molecule has 3 rings (SSSR count). The first kappa shape index (κ1) is 16.5. The molecule has 126 valence electrons. The van der Waals surface area contributed by atoms with Gasteiger partial charge in [0.15, 0.2) is 0 Å². The van der Waals surface area contributed by atoms with E-state index in [0.29, 0.717) is 6.04 Å². The van der Waals surface area contributed by atoms with Crippen molar-refractivity contribution in [3.8, 4) is 0 Å². The van der Waals surface area contributed by atoms with Crippen LogP contribution in [0, 0.1) is 0 Å². The first-order valence-electron chi connectivity index (χ1n) is 8.41. The number of nitrogens with one attached hydrogen (secondary N) is 2. The maximum Gasteiger partial charge on any atom is 0.221 e. The molecule has 24 heavy (non-hydrogen) atoms. The standard InChI is InChI=1S/C19H24N4O/c1-14(16-6-5-7-17(12-16)22-15(2)24)21-18-9-11-23(13-18)19-8-3-4-10-20-19/h3-8,10,12,14,18,21H,9,11,13H2,1-2H3,(H,22,24)/t14-,18-/m1/s1. The summed E-state index contributed by atoms with van der Waals surface area (Å²) >= 11 is 0. The van der Waals surface area contributed by atoms with Crippen molar-refractivity contribution < 1.29 is 4.79 Å². The largest absolute Gasteiger partial charge is 0.355 e. The van der Waals surface area contributed by atoms with Crippen LogP contribution >= 0.6 is 0 Å². The van der Waals surface area contributed by atoms with Crippen LogP contribution in [0.2, 0.25) is 0 Å². The lowest BCUT2D eigenvalue weighted by atomic mass is 10.1. The van der Waals surface area contributed by atoms with Crippen LogP contribution in [0.3, 0.4) is 0 Å². The van der Waals surface area contributed by atoms with E-state index in [4.69, 9.17) is 0 Å². The summed E-state index contributed by atoms with van der Waals surface area (Å²) in [5.41, 5.74) is 2.02. The number of anilines is 2. The topological polar surface area (TPSA) is 57.3 Å². The molecule has 1 amide bonds. The summed E-state index contributed by atoms with van der Waals surface area (Å²) in [7, 11) is 0. The van der Waals surface area contributed by atoms with E-state index in [1.165, 1.54) is 12.5 Å². The lowest BCUT2D eigenvalue weighted by Crippen LogP contribution is -2.34. The van der Waals surface area contributed by atoms with Crippen molar-refractivity contribution in [1.82, 2.24) is 10.3 Å². The Morgan fingerprint density at radius 2 is 2.17 bits per heavy atom. The van der Waals surface area contributed by atoms with Gasteiger partial charge in [-0.15, -0.1) is 0 Å². The van der Waals surface area contributed by atoms with E-state index in [9.17, 15) is 4.79 Å².